The molecule has 2 aliphatic rings. The quantitative estimate of drug-likeness (QED) is 0.829. The van der Waals surface area contributed by atoms with Crippen LogP contribution in [0.3, 0.4) is 0 Å². The zero-order valence-corrected chi connectivity index (χ0v) is 11.9. The minimum atomic E-state index is -0.302. The van der Waals surface area contributed by atoms with Gasteiger partial charge >= 0.3 is 0 Å². The lowest BCUT2D eigenvalue weighted by molar-refractivity contribution is 0.463. The van der Waals surface area contributed by atoms with Gasteiger partial charge in [0.15, 0.2) is 0 Å². The Morgan fingerprint density at radius 2 is 2.00 bits per heavy atom. The zero-order chi connectivity index (χ0) is 14.4. The number of halogens is 1. The molecule has 1 heterocycles. The van der Waals surface area contributed by atoms with E-state index in [-0.39, 0.29) is 11.4 Å². The van der Waals surface area contributed by atoms with Crippen LogP contribution in [0.15, 0.2) is 41.3 Å². The Morgan fingerprint density at radius 3 is 2.76 bits per heavy atom. The number of para-hydroxylation sites is 1. The van der Waals surface area contributed by atoms with E-state index in [1.807, 2.05) is 0 Å². The molecule has 0 bridgehead atoms. The van der Waals surface area contributed by atoms with Crippen LogP contribution in [0, 0.1) is 23.6 Å². The molecule has 0 amide bonds. The molecule has 2 aromatic rings. The fourth-order valence-corrected chi connectivity index (χ4v) is 3.47. The largest absolute Gasteiger partial charge is 0.268 e. The minimum Gasteiger partial charge on any atom is -0.268 e. The van der Waals surface area contributed by atoms with Crippen LogP contribution in [-0.2, 0) is 6.54 Å². The van der Waals surface area contributed by atoms with Crippen molar-refractivity contribution in [3.63, 3.8) is 0 Å². The van der Waals surface area contributed by atoms with E-state index in [1.54, 1.807) is 33.8 Å². The standard InChI is InChI=1S/C17H19FN2O/c18-15-3-1-2-4-16(15)19-10-8-17(21)20(19)9-7-13-11-14(13)12-5-6-12/h1-4,8,10,12-14H,5-7,9,11H2/t13-,14+/m1/s1. The van der Waals surface area contributed by atoms with Gasteiger partial charge in [0.25, 0.3) is 5.56 Å². The van der Waals surface area contributed by atoms with E-state index < -0.39 is 0 Å². The molecule has 0 saturated heterocycles. The molecule has 0 aliphatic heterocycles. The maximum absolute atomic E-state index is 13.9. The highest BCUT2D eigenvalue weighted by Crippen LogP contribution is 2.55. The molecule has 0 radical (unpaired) electrons. The van der Waals surface area contributed by atoms with Crippen LogP contribution in [0.25, 0.3) is 5.69 Å². The van der Waals surface area contributed by atoms with Gasteiger partial charge in [-0.25, -0.2) is 9.07 Å². The van der Waals surface area contributed by atoms with Gasteiger partial charge in [-0.05, 0) is 55.6 Å². The third-order valence-corrected chi connectivity index (χ3v) is 4.89. The summed E-state index contributed by atoms with van der Waals surface area (Å²) in [6.45, 7) is 0.675. The number of hydrogen-bond acceptors (Lipinski definition) is 1. The normalized spacial score (nSPS) is 24.2. The van der Waals surface area contributed by atoms with Crippen molar-refractivity contribution >= 4 is 0 Å². The van der Waals surface area contributed by atoms with Crippen molar-refractivity contribution in [1.82, 2.24) is 9.36 Å². The lowest BCUT2D eigenvalue weighted by Crippen LogP contribution is -2.22. The van der Waals surface area contributed by atoms with Crippen LogP contribution in [0.4, 0.5) is 4.39 Å². The molecule has 2 fully saturated rings. The van der Waals surface area contributed by atoms with Gasteiger partial charge in [0.05, 0.1) is 5.69 Å². The highest BCUT2D eigenvalue weighted by Gasteiger charge is 2.46. The van der Waals surface area contributed by atoms with Crippen molar-refractivity contribution in [2.24, 2.45) is 17.8 Å². The smallest absolute Gasteiger partial charge is 0.266 e. The second-order valence-corrected chi connectivity index (χ2v) is 6.36. The molecular formula is C17H19FN2O. The van der Waals surface area contributed by atoms with E-state index in [0.29, 0.717) is 12.2 Å². The van der Waals surface area contributed by atoms with E-state index in [4.69, 9.17) is 0 Å². The zero-order valence-electron chi connectivity index (χ0n) is 11.9. The van der Waals surface area contributed by atoms with E-state index in [2.05, 4.69) is 0 Å². The maximum atomic E-state index is 13.9. The Hall–Kier alpha value is -1.84. The highest BCUT2D eigenvalue weighted by molar-refractivity contribution is 5.32. The predicted octanol–water partition coefficient (Wildman–Crippen LogP) is 3.21. The SMILES string of the molecule is O=c1ccn(-c2ccccc2F)n1CC[C@@H]1C[C@H]1C1CC1. The summed E-state index contributed by atoms with van der Waals surface area (Å²) in [5.74, 6) is 2.33. The molecule has 21 heavy (non-hydrogen) atoms. The summed E-state index contributed by atoms with van der Waals surface area (Å²) in [6, 6.07) is 8.09. The van der Waals surface area contributed by atoms with Gasteiger partial charge in [0.2, 0.25) is 0 Å². The molecule has 0 unspecified atom stereocenters. The molecule has 2 atom stereocenters. The van der Waals surface area contributed by atoms with Crippen LogP contribution in [-0.4, -0.2) is 9.36 Å². The van der Waals surface area contributed by atoms with Crippen LogP contribution in [0.5, 0.6) is 0 Å². The van der Waals surface area contributed by atoms with Crippen LogP contribution >= 0.6 is 0 Å². The third-order valence-electron chi connectivity index (χ3n) is 4.89. The molecule has 2 saturated carbocycles. The first-order chi connectivity index (χ1) is 10.2. The number of nitrogens with zero attached hydrogens (tertiary/aromatic N) is 2. The van der Waals surface area contributed by atoms with Crippen LogP contribution in [0.2, 0.25) is 0 Å². The molecule has 110 valence electrons. The molecular weight excluding hydrogens is 267 g/mol. The first-order valence-corrected chi connectivity index (χ1v) is 7.77. The second kappa shape index (κ2) is 4.86. The van der Waals surface area contributed by atoms with Gasteiger partial charge in [0.1, 0.15) is 5.82 Å². The van der Waals surface area contributed by atoms with Gasteiger partial charge in [-0.15, -0.1) is 0 Å². The topological polar surface area (TPSA) is 26.9 Å². The van der Waals surface area contributed by atoms with Crippen molar-refractivity contribution in [3.8, 4) is 5.69 Å². The van der Waals surface area contributed by atoms with E-state index in [0.717, 1.165) is 24.2 Å². The van der Waals surface area contributed by atoms with Crippen LogP contribution in [0.1, 0.15) is 25.7 Å². The molecule has 0 N–H and O–H groups in total. The van der Waals surface area contributed by atoms with Gasteiger partial charge in [-0.1, -0.05) is 12.1 Å². The molecule has 3 nitrogen and oxygen atoms in total. The lowest BCUT2D eigenvalue weighted by Gasteiger charge is -2.12. The first-order valence-electron chi connectivity index (χ1n) is 7.77. The Balaban J connectivity index is 1.53. The van der Waals surface area contributed by atoms with Gasteiger partial charge in [-0.2, -0.15) is 0 Å². The first kappa shape index (κ1) is 12.9. The van der Waals surface area contributed by atoms with E-state index >= 15 is 0 Å². The average Bonchev–Trinajstić information content (AvgIpc) is 3.36. The molecule has 2 aliphatic carbocycles. The summed E-state index contributed by atoms with van der Waals surface area (Å²) in [6.07, 6.45) is 6.80. The molecule has 1 aromatic heterocycles. The lowest BCUT2D eigenvalue weighted by atomic mass is 10.2. The Kier molecular flexibility index (Phi) is 2.98. The van der Waals surface area contributed by atoms with Crippen molar-refractivity contribution in [2.45, 2.75) is 32.2 Å². The fourth-order valence-electron chi connectivity index (χ4n) is 3.47. The summed E-state index contributed by atoms with van der Waals surface area (Å²) in [5.41, 5.74) is 0.385. The summed E-state index contributed by atoms with van der Waals surface area (Å²) < 4.78 is 17.2. The molecule has 1 aromatic carbocycles. The second-order valence-electron chi connectivity index (χ2n) is 6.36. The van der Waals surface area contributed by atoms with E-state index in [9.17, 15) is 9.18 Å². The maximum Gasteiger partial charge on any atom is 0.266 e. The molecule has 0 spiro atoms. The van der Waals surface area contributed by atoms with Crippen molar-refractivity contribution in [2.75, 3.05) is 0 Å². The predicted molar refractivity (Wildman–Crippen MR) is 78.9 cm³/mol. The third kappa shape index (κ3) is 2.43. The van der Waals surface area contributed by atoms with E-state index in [1.165, 1.54) is 31.4 Å². The Morgan fingerprint density at radius 1 is 1.19 bits per heavy atom. The number of rotatable bonds is 5. The number of benzene rings is 1. The van der Waals surface area contributed by atoms with Crippen molar-refractivity contribution in [1.29, 1.82) is 0 Å². The Bertz CT molecular complexity index is 714. The van der Waals surface area contributed by atoms with Crippen LogP contribution < -0.4 is 5.56 Å². The van der Waals surface area contributed by atoms with Gasteiger partial charge in [-0.3, -0.25) is 9.48 Å². The van der Waals surface area contributed by atoms with Crippen molar-refractivity contribution < 1.29 is 4.39 Å². The fraction of sp³-hybridized carbons (Fsp3) is 0.471. The number of aromatic nitrogens is 2. The average molecular weight is 286 g/mol. The number of hydrogen-bond donors (Lipinski definition) is 0. The minimum absolute atomic E-state index is 0.0538. The summed E-state index contributed by atoms with van der Waals surface area (Å²) in [5, 5.41) is 0. The van der Waals surface area contributed by atoms with Gasteiger partial charge < -0.3 is 0 Å². The van der Waals surface area contributed by atoms with Crippen molar-refractivity contribution in [3.05, 3.63) is 52.7 Å². The highest BCUT2D eigenvalue weighted by atomic mass is 19.1. The molecule has 4 heteroatoms. The summed E-state index contributed by atoms with van der Waals surface area (Å²) >= 11 is 0. The monoisotopic (exact) mass is 286 g/mol. The summed E-state index contributed by atoms with van der Waals surface area (Å²) in [7, 11) is 0. The summed E-state index contributed by atoms with van der Waals surface area (Å²) in [4.78, 5) is 12.0. The Labute approximate surface area is 123 Å². The molecule has 4 rings (SSSR count). The van der Waals surface area contributed by atoms with Gasteiger partial charge in [0, 0.05) is 18.8 Å².